The number of hydrogen-bond donors (Lipinski definition) is 1. The Morgan fingerprint density at radius 2 is 2.06 bits per heavy atom. The molecule has 0 spiro atoms. The van der Waals surface area contributed by atoms with Crippen LogP contribution in [0.5, 0.6) is 5.75 Å². The monoisotopic (exact) mass is 232 g/mol. The van der Waals surface area contributed by atoms with Crippen LogP contribution in [0, 0.1) is 6.92 Å². The third-order valence-corrected chi connectivity index (χ3v) is 2.45. The molecule has 1 N–H and O–H groups in total. The number of ketones is 1. The normalized spacial score (nSPS) is 10.7. The van der Waals surface area contributed by atoms with E-state index in [1.165, 1.54) is 19.1 Å². The highest BCUT2D eigenvalue weighted by Crippen LogP contribution is 2.24. The van der Waals surface area contributed by atoms with E-state index in [1.54, 1.807) is 13.0 Å². The Balaban J connectivity index is 2.73. The van der Waals surface area contributed by atoms with Crippen LogP contribution in [0.2, 0.25) is 0 Å². The van der Waals surface area contributed by atoms with E-state index in [9.17, 15) is 14.7 Å². The lowest BCUT2D eigenvalue weighted by Crippen LogP contribution is -2.02. The fraction of sp³-hybridized carbons (Fsp3) is 0.231. The van der Waals surface area contributed by atoms with Gasteiger partial charge in [-0.15, -0.1) is 0 Å². The average molecular weight is 232 g/mol. The molecule has 0 unspecified atom stereocenters. The average Bonchev–Trinajstić information content (AvgIpc) is 2.13. The molecule has 2 aromatic rings. The fourth-order valence-electron chi connectivity index (χ4n) is 1.83. The van der Waals surface area contributed by atoms with Crippen LogP contribution in [0.25, 0.3) is 11.0 Å². The summed E-state index contributed by atoms with van der Waals surface area (Å²) < 4.78 is 5.37. The largest absolute Gasteiger partial charge is 0.507 e. The molecule has 4 heteroatoms. The molecule has 0 bridgehead atoms. The van der Waals surface area contributed by atoms with Crippen LogP contribution in [-0.2, 0) is 11.2 Å². The zero-order chi connectivity index (χ0) is 12.6. The Morgan fingerprint density at radius 3 is 2.71 bits per heavy atom. The summed E-state index contributed by atoms with van der Waals surface area (Å²) in [7, 11) is 0. The van der Waals surface area contributed by atoms with Crippen LogP contribution in [0.1, 0.15) is 18.2 Å². The van der Waals surface area contributed by atoms with Crippen molar-refractivity contribution in [3.8, 4) is 5.75 Å². The van der Waals surface area contributed by atoms with Gasteiger partial charge in [0.1, 0.15) is 28.3 Å². The van der Waals surface area contributed by atoms with Crippen LogP contribution in [0.3, 0.4) is 0 Å². The van der Waals surface area contributed by atoms with Gasteiger partial charge in [0.15, 0.2) is 5.43 Å². The molecular formula is C13H12O4. The number of aryl methyl sites for hydroxylation is 1. The highest BCUT2D eigenvalue weighted by Gasteiger charge is 2.10. The van der Waals surface area contributed by atoms with E-state index >= 15 is 0 Å². The summed E-state index contributed by atoms with van der Waals surface area (Å²) in [5.41, 5.74) is 0.665. The molecule has 0 radical (unpaired) electrons. The van der Waals surface area contributed by atoms with Crippen molar-refractivity contribution in [3.05, 3.63) is 39.7 Å². The number of fused-ring (bicyclic) bond motifs is 1. The van der Waals surface area contributed by atoms with Gasteiger partial charge >= 0.3 is 0 Å². The van der Waals surface area contributed by atoms with Crippen molar-refractivity contribution >= 4 is 16.8 Å². The van der Waals surface area contributed by atoms with Crippen molar-refractivity contribution in [1.29, 1.82) is 0 Å². The molecule has 1 aromatic carbocycles. The van der Waals surface area contributed by atoms with Gasteiger partial charge < -0.3 is 9.52 Å². The predicted molar refractivity (Wildman–Crippen MR) is 63.3 cm³/mol. The third-order valence-electron chi connectivity index (χ3n) is 2.45. The second-order valence-electron chi connectivity index (χ2n) is 4.09. The Bertz CT molecular complexity index is 652. The molecule has 0 atom stereocenters. The first-order chi connectivity index (χ1) is 7.97. The van der Waals surface area contributed by atoms with Crippen molar-refractivity contribution < 1.29 is 14.3 Å². The molecule has 2 rings (SSSR count). The Hall–Kier alpha value is -2.10. The lowest BCUT2D eigenvalue weighted by Gasteiger charge is -2.04. The molecule has 0 fully saturated rings. The van der Waals surface area contributed by atoms with Gasteiger partial charge in [0, 0.05) is 12.5 Å². The maximum absolute atomic E-state index is 11.7. The van der Waals surface area contributed by atoms with E-state index in [0.717, 1.165) is 0 Å². The molecule has 0 saturated carbocycles. The zero-order valence-electron chi connectivity index (χ0n) is 9.61. The number of aromatic hydroxyl groups is 1. The number of carbonyl (C=O) groups is 1. The van der Waals surface area contributed by atoms with Gasteiger partial charge in [-0.3, -0.25) is 9.59 Å². The summed E-state index contributed by atoms with van der Waals surface area (Å²) in [4.78, 5) is 22.7. The summed E-state index contributed by atoms with van der Waals surface area (Å²) in [5, 5.41) is 9.92. The van der Waals surface area contributed by atoms with Crippen LogP contribution in [-0.4, -0.2) is 10.9 Å². The van der Waals surface area contributed by atoms with Gasteiger partial charge in [-0.2, -0.15) is 0 Å². The Kier molecular flexibility index (Phi) is 2.71. The highest BCUT2D eigenvalue weighted by atomic mass is 16.3. The van der Waals surface area contributed by atoms with Crippen LogP contribution in [0.15, 0.2) is 27.4 Å². The molecule has 0 aliphatic heterocycles. The van der Waals surface area contributed by atoms with Crippen molar-refractivity contribution in [2.24, 2.45) is 0 Å². The molecule has 88 valence electrons. The number of phenols is 1. The molecule has 17 heavy (non-hydrogen) atoms. The van der Waals surface area contributed by atoms with Gasteiger partial charge in [0.2, 0.25) is 0 Å². The fourth-order valence-corrected chi connectivity index (χ4v) is 1.83. The Labute approximate surface area is 97.5 Å². The first kappa shape index (κ1) is 11.4. The zero-order valence-corrected chi connectivity index (χ0v) is 9.61. The number of carbonyl (C=O) groups excluding carboxylic acids is 1. The number of Topliss-reactive ketones (excluding diaryl/α,β-unsaturated/α-hetero) is 1. The van der Waals surface area contributed by atoms with Gasteiger partial charge in [-0.25, -0.2) is 0 Å². The molecular weight excluding hydrogens is 220 g/mol. The van der Waals surface area contributed by atoms with Gasteiger partial charge in [0.25, 0.3) is 0 Å². The minimum Gasteiger partial charge on any atom is -0.507 e. The number of phenolic OH excluding ortho intramolecular Hbond substituents is 1. The molecule has 0 aliphatic carbocycles. The van der Waals surface area contributed by atoms with Gasteiger partial charge in [0.05, 0.1) is 0 Å². The third kappa shape index (κ3) is 2.20. The molecule has 1 aromatic heterocycles. The lowest BCUT2D eigenvalue weighted by atomic mass is 10.1. The summed E-state index contributed by atoms with van der Waals surface area (Å²) in [5.74, 6) is 0.313. The quantitative estimate of drug-likeness (QED) is 0.859. The second-order valence-corrected chi connectivity index (χ2v) is 4.09. The topological polar surface area (TPSA) is 67.5 Å². The van der Waals surface area contributed by atoms with E-state index in [-0.39, 0.29) is 28.8 Å². The minimum atomic E-state index is -0.282. The molecule has 0 aliphatic rings. The van der Waals surface area contributed by atoms with E-state index in [0.29, 0.717) is 16.9 Å². The summed E-state index contributed by atoms with van der Waals surface area (Å²) in [6.07, 6.45) is 0.209. The maximum atomic E-state index is 11.7. The first-order valence-corrected chi connectivity index (χ1v) is 5.23. The number of rotatable bonds is 2. The van der Waals surface area contributed by atoms with E-state index < -0.39 is 0 Å². The molecule has 0 amide bonds. The standard InChI is InChI=1S/C13H12O4/c1-7(14)3-9-5-11(16)13-10(15)4-8(2)17-12(13)6-9/h4-6,16H,3H2,1-2H3. The summed E-state index contributed by atoms with van der Waals surface area (Å²) in [6, 6.07) is 4.37. The molecule has 0 saturated heterocycles. The Morgan fingerprint density at radius 1 is 1.35 bits per heavy atom. The number of hydrogen-bond acceptors (Lipinski definition) is 4. The second kappa shape index (κ2) is 4.05. The van der Waals surface area contributed by atoms with Gasteiger partial charge in [-0.1, -0.05) is 0 Å². The van der Waals surface area contributed by atoms with E-state index in [1.807, 2.05) is 0 Å². The molecule has 4 nitrogen and oxygen atoms in total. The highest BCUT2D eigenvalue weighted by molar-refractivity contribution is 5.86. The van der Waals surface area contributed by atoms with Gasteiger partial charge in [-0.05, 0) is 31.5 Å². The lowest BCUT2D eigenvalue weighted by molar-refractivity contribution is -0.116. The predicted octanol–water partition coefficient (Wildman–Crippen LogP) is 1.94. The molecule has 1 heterocycles. The first-order valence-electron chi connectivity index (χ1n) is 5.23. The smallest absolute Gasteiger partial charge is 0.196 e. The summed E-state index contributed by atoms with van der Waals surface area (Å²) >= 11 is 0. The van der Waals surface area contributed by atoms with E-state index in [4.69, 9.17) is 4.42 Å². The summed E-state index contributed by atoms with van der Waals surface area (Å²) in [6.45, 7) is 3.13. The van der Waals surface area contributed by atoms with Crippen molar-refractivity contribution in [1.82, 2.24) is 0 Å². The SMILES string of the molecule is CC(=O)Cc1cc(O)c2c(=O)cc(C)oc2c1. The van der Waals surface area contributed by atoms with Crippen molar-refractivity contribution in [3.63, 3.8) is 0 Å². The van der Waals surface area contributed by atoms with Crippen molar-refractivity contribution in [2.45, 2.75) is 20.3 Å². The minimum absolute atomic E-state index is 0.0150. The van der Waals surface area contributed by atoms with Crippen LogP contribution >= 0.6 is 0 Å². The number of benzene rings is 1. The van der Waals surface area contributed by atoms with E-state index in [2.05, 4.69) is 0 Å². The maximum Gasteiger partial charge on any atom is 0.196 e. The van der Waals surface area contributed by atoms with Crippen LogP contribution < -0.4 is 5.43 Å². The van der Waals surface area contributed by atoms with Crippen LogP contribution in [0.4, 0.5) is 0 Å². The van der Waals surface area contributed by atoms with Crippen molar-refractivity contribution in [2.75, 3.05) is 0 Å².